The average Bonchev–Trinajstić information content (AvgIpc) is 3.07. The SMILES string of the molecule is O=C([O-])[C@@H]1CCN(C(=O)OCc2ccccc2)[C@H]1c1ccccc1.[Na+]. The molecule has 1 fully saturated rings. The van der Waals surface area contributed by atoms with Crippen LogP contribution < -0.4 is 34.7 Å². The van der Waals surface area contributed by atoms with E-state index in [-0.39, 0.29) is 36.2 Å². The molecule has 3 rings (SSSR count). The Kier molecular flexibility index (Phi) is 7.05. The molecule has 1 saturated heterocycles. The van der Waals surface area contributed by atoms with Crippen molar-refractivity contribution in [3.8, 4) is 0 Å². The summed E-state index contributed by atoms with van der Waals surface area (Å²) in [5, 5.41) is 11.4. The van der Waals surface area contributed by atoms with Gasteiger partial charge < -0.3 is 19.5 Å². The van der Waals surface area contributed by atoms with Crippen molar-refractivity contribution in [3.05, 3.63) is 71.8 Å². The van der Waals surface area contributed by atoms with Crippen LogP contribution in [0, 0.1) is 5.92 Å². The molecule has 0 bridgehead atoms. The Balaban J connectivity index is 0.00000225. The predicted molar refractivity (Wildman–Crippen MR) is 85.6 cm³/mol. The third-order valence-electron chi connectivity index (χ3n) is 4.28. The van der Waals surface area contributed by atoms with Crippen molar-refractivity contribution in [2.24, 2.45) is 5.92 Å². The predicted octanol–water partition coefficient (Wildman–Crippen LogP) is -0.860. The number of rotatable bonds is 4. The van der Waals surface area contributed by atoms with E-state index in [2.05, 4.69) is 0 Å². The van der Waals surface area contributed by atoms with Crippen molar-refractivity contribution in [1.82, 2.24) is 4.90 Å². The Hall–Kier alpha value is -1.82. The van der Waals surface area contributed by atoms with E-state index in [9.17, 15) is 14.7 Å². The van der Waals surface area contributed by atoms with Crippen LogP contribution in [0.5, 0.6) is 0 Å². The number of amides is 1. The van der Waals surface area contributed by atoms with Crippen molar-refractivity contribution in [1.29, 1.82) is 0 Å². The van der Waals surface area contributed by atoms with Gasteiger partial charge in [-0.25, -0.2) is 4.79 Å². The Morgan fingerprint density at radius 2 is 1.64 bits per heavy atom. The van der Waals surface area contributed by atoms with Crippen molar-refractivity contribution >= 4 is 12.1 Å². The molecular formula is C19H18NNaO4. The zero-order chi connectivity index (χ0) is 16.9. The van der Waals surface area contributed by atoms with Gasteiger partial charge in [0.2, 0.25) is 0 Å². The number of likely N-dealkylation sites (tertiary alicyclic amines) is 1. The van der Waals surface area contributed by atoms with Gasteiger partial charge >= 0.3 is 35.7 Å². The second-order valence-corrected chi connectivity index (χ2v) is 5.80. The molecule has 0 aliphatic carbocycles. The molecule has 0 N–H and O–H groups in total. The van der Waals surface area contributed by atoms with Gasteiger partial charge in [0.1, 0.15) is 6.61 Å². The van der Waals surface area contributed by atoms with Gasteiger partial charge in [-0.1, -0.05) is 60.7 Å². The van der Waals surface area contributed by atoms with Crippen molar-refractivity contribution < 1.29 is 49.0 Å². The Labute approximate surface area is 168 Å². The van der Waals surface area contributed by atoms with Gasteiger partial charge in [0.25, 0.3) is 0 Å². The Morgan fingerprint density at radius 3 is 2.24 bits per heavy atom. The van der Waals surface area contributed by atoms with Gasteiger partial charge in [0.15, 0.2) is 0 Å². The molecule has 1 heterocycles. The van der Waals surface area contributed by atoms with E-state index in [0.717, 1.165) is 11.1 Å². The normalized spacial score (nSPS) is 19.1. The van der Waals surface area contributed by atoms with Crippen molar-refractivity contribution in [2.75, 3.05) is 6.54 Å². The Morgan fingerprint density at radius 1 is 1.04 bits per heavy atom. The third-order valence-corrected chi connectivity index (χ3v) is 4.28. The van der Waals surface area contributed by atoms with E-state index in [1.54, 1.807) is 0 Å². The van der Waals surface area contributed by atoms with Crippen LogP contribution >= 0.6 is 0 Å². The summed E-state index contributed by atoms with van der Waals surface area (Å²) in [4.78, 5) is 25.4. The minimum atomic E-state index is -1.14. The molecule has 2 atom stereocenters. The van der Waals surface area contributed by atoms with Crippen LogP contribution in [0.1, 0.15) is 23.6 Å². The topological polar surface area (TPSA) is 69.7 Å². The number of ether oxygens (including phenoxy) is 1. The van der Waals surface area contributed by atoms with Crippen molar-refractivity contribution in [3.63, 3.8) is 0 Å². The van der Waals surface area contributed by atoms with Crippen LogP contribution in [0.25, 0.3) is 0 Å². The number of carboxylic acids is 1. The summed E-state index contributed by atoms with van der Waals surface area (Å²) in [5.41, 5.74) is 1.67. The third kappa shape index (κ3) is 4.63. The maximum atomic E-state index is 12.5. The molecule has 2 aromatic rings. The van der Waals surface area contributed by atoms with Gasteiger partial charge in [0, 0.05) is 18.4 Å². The first-order valence-corrected chi connectivity index (χ1v) is 7.90. The van der Waals surface area contributed by atoms with Gasteiger partial charge in [-0.2, -0.15) is 0 Å². The number of carbonyl (C=O) groups is 2. The van der Waals surface area contributed by atoms with Crippen molar-refractivity contribution in [2.45, 2.75) is 19.1 Å². The minimum Gasteiger partial charge on any atom is -0.550 e. The van der Waals surface area contributed by atoms with E-state index in [1.807, 2.05) is 60.7 Å². The molecule has 0 spiro atoms. The maximum absolute atomic E-state index is 12.5. The van der Waals surface area contributed by atoms with Gasteiger partial charge in [-0.15, -0.1) is 0 Å². The molecule has 0 aromatic heterocycles. The van der Waals surface area contributed by atoms with Gasteiger partial charge in [-0.3, -0.25) is 0 Å². The van der Waals surface area contributed by atoms with Crippen LogP contribution in [0.15, 0.2) is 60.7 Å². The fourth-order valence-electron chi connectivity index (χ4n) is 3.11. The molecule has 0 radical (unpaired) electrons. The summed E-state index contributed by atoms with van der Waals surface area (Å²) in [6.45, 7) is 0.500. The monoisotopic (exact) mass is 347 g/mol. The first kappa shape index (κ1) is 19.5. The van der Waals surface area contributed by atoms with Gasteiger partial charge in [0.05, 0.1) is 6.04 Å². The Bertz CT molecular complexity index is 708. The summed E-state index contributed by atoms with van der Waals surface area (Å²) >= 11 is 0. The van der Waals surface area contributed by atoms with Crippen LogP contribution in [0.4, 0.5) is 4.79 Å². The molecule has 5 nitrogen and oxygen atoms in total. The average molecular weight is 347 g/mol. The summed E-state index contributed by atoms with van der Waals surface area (Å²) in [7, 11) is 0. The molecular weight excluding hydrogens is 329 g/mol. The number of benzene rings is 2. The number of aliphatic carboxylic acids is 1. The summed E-state index contributed by atoms with van der Waals surface area (Å²) < 4.78 is 5.37. The minimum absolute atomic E-state index is 0. The number of carbonyl (C=O) groups excluding carboxylic acids is 2. The molecule has 124 valence electrons. The standard InChI is InChI=1S/C19H19NO4.Na/c21-18(22)16-11-12-20(17(16)15-9-5-2-6-10-15)19(23)24-13-14-7-3-1-4-8-14;/h1-10,16-17H,11-13H2,(H,21,22);/q;+1/p-1/t16-,17+;/m1./s1. The van der Waals surface area contributed by atoms with Crippen LogP contribution in [0.2, 0.25) is 0 Å². The largest absolute Gasteiger partial charge is 1.00 e. The van der Waals surface area contributed by atoms with Crippen LogP contribution in [-0.2, 0) is 16.1 Å². The molecule has 0 unspecified atom stereocenters. The van der Waals surface area contributed by atoms with Crippen LogP contribution in [0.3, 0.4) is 0 Å². The smallest absolute Gasteiger partial charge is 0.550 e. The molecule has 25 heavy (non-hydrogen) atoms. The van der Waals surface area contributed by atoms with E-state index < -0.39 is 24.0 Å². The fraction of sp³-hybridized carbons (Fsp3) is 0.263. The zero-order valence-electron chi connectivity index (χ0n) is 14.1. The molecule has 1 amide bonds. The maximum Gasteiger partial charge on any atom is 1.00 e. The zero-order valence-corrected chi connectivity index (χ0v) is 16.1. The molecule has 1 aliphatic heterocycles. The number of hydrogen-bond acceptors (Lipinski definition) is 4. The van der Waals surface area contributed by atoms with Crippen LogP contribution in [-0.4, -0.2) is 23.5 Å². The first-order valence-electron chi connectivity index (χ1n) is 7.90. The number of nitrogens with zero attached hydrogens (tertiary/aromatic N) is 1. The fourth-order valence-corrected chi connectivity index (χ4v) is 3.11. The second kappa shape index (κ2) is 9.04. The second-order valence-electron chi connectivity index (χ2n) is 5.80. The summed E-state index contributed by atoms with van der Waals surface area (Å²) in [6, 6.07) is 18.0. The molecule has 1 aliphatic rings. The first-order chi connectivity index (χ1) is 11.7. The summed E-state index contributed by atoms with van der Waals surface area (Å²) in [5.74, 6) is -1.86. The van der Waals surface area contributed by atoms with E-state index in [4.69, 9.17) is 4.74 Å². The molecule has 6 heteroatoms. The van der Waals surface area contributed by atoms with E-state index in [0.29, 0.717) is 13.0 Å². The van der Waals surface area contributed by atoms with E-state index >= 15 is 0 Å². The van der Waals surface area contributed by atoms with E-state index in [1.165, 1.54) is 4.90 Å². The molecule has 2 aromatic carbocycles. The van der Waals surface area contributed by atoms with Gasteiger partial charge in [-0.05, 0) is 17.5 Å². The summed E-state index contributed by atoms with van der Waals surface area (Å²) in [6.07, 6.45) is -0.140. The molecule has 0 saturated carbocycles. The quantitative estimate of drug-likeness (QED) is 0.675. The number of carboxylic acid groups (broad SMARTS) is 1. The number of hydrogen-bond donors (Lipinski definition) is 0.